The second-order valence-electron chi connectivity index (χ2n) is 3.39. The van der Waals surface area contributed by atoms with Crippen LogP contribution in [0, 0.1) is 0 Å². The van der Waals surface area contributed by atoms with Crippen LogP contribution in [0.2, 0.25) is 0 Å². The molecule has 0 amide bonds. The number of imidazole rings is 1. The summed E-state index contributed by atoms with van der Waals surface area (Å²) in [5.41, 5.74) is 5.16. The van der Waals surface area contributed by atoms with Crippen LogP contribution in [-0.2, 0) is 9.36 Å². The Hall–Kier alpha value is -1.37. The summed E-state index contributed by atoms with van der Waals surface area (Å²) in [6.07, 6.45) is -1.54. The fourth-order valence-electron chi connectivity index (χ4n) is 0.683. The van der Waals surface area contributed by atoms with Crippen LogP contribution >= 0.6 is 7.82 Å². The Morgan fingerprint density at radius 2 is 1.81 bits per heavy atom. The number of rotatable bonds is 4. The maximum atomic E-state index is 9.76. The molecular weight excluding hydrogens is 313 g/mol. The first-order valence-corrected chi connectivity index (χ1v) is 6.71. The van der Waals surface area contributed by atoms with E-state index in [9.17, 15) is 4.79 Å². The molecule has 0 aliphatic rings. The van der Waals surface area contributed by atoms with Gasteiger partial charge in [-0.2, -0.15) is 0 Å². The first-order valence-electron chi connectivity index (χ1n) is 5.15. The summed E-state index contributed by atoms with van der Waals surface area (Å²) in [5, 5.41) is 34.1. The molecule has 21 heavy (non-hydrogen) atoms. The average Bonchev–Trinajstić information content (AvgIpc) is 2.85. The maximum Gasteiger partial charge on any atom is 0.466 e. The summed E-state index contributed by atoms with van der Waals surface area (Å²) in [7, 11) is -4.64. The summed E-state index contributed by atoms with van der Waals surface area (Å²) >= 11 is 0. The van der Waals surface area contributed by atoms with Gasteiger partial charge in [-0.1, -0.05) is 0 Å². The molecule has 0 fully saturated rings. The van der Waals surface area contributed by atoms with Gasteiger partial charge in [-0.25, -0.2) is 9.55 Å². The van der Waals surface area contributed by atoms with Crippen molar-refractivity contribution in [1.29, 1.82) is 0 Å². The van der Waals surface area contributed by atoms with Crippen LogP contribution < -0.4 is 5.73 Å². The first kappa shape index (κ1) is 21.9. The molecule has 124 valence electrons. The van der Waals surface area contributed by atoms with Crippen LogP contribution in [0.1, 0.15) is 0 Å². The van der Waals surface area contributed by atoms with E-state index in [2.05, 4.69) is 9.97 Å². The standard InChI is InChI=1S/C5H10O5.C3H5N3.H3O4P/c6-1-3(8)5(10)4(9)2-7;4-3-1-5-2-6-3;1-5(2,3)4/h1,3-5,7-10H,2H2;1-2H,4H2,(H,5,6);(H3,1,2,3,4). The van der Waals surface area contributed by atoms with Crippen molar-refractivity contribution in [2.45, 2.75) is 18.3 Å². The van der Waals surface area contributed by atoms with E-state index in [4.69, 9.17) is 45.4 Å². The Kier molecular flexibility index (Phi) is 11.8. The number of anilines is 1. The lowest BCUT2D eigenvalue weighted by Gasteiger charge is -2.16. The molecule has 10 N–H and O–H groups in total. The molecule has 0 aromatic carbocycles. The highest BCUT2D eigenvalue weighted by Crippen LogP contribution is 2.25. The van der Waals surface area contributed by atoms with Gasteiger partial charge in [-0.15, -0.1) is 0 Å². The van der Waals surface area contributed by atoms with E-state index in [1.165, 1.54) is 6.33 Å². The molecule has 12 nitrogen and oxygen atoms in total. The molecular formula is C8H18N3O9P. The van der Waals surface area contributed by atoms with Crippen molar-refractivity contribution in [3.8, 4) is 0 Å². The maximum absolute atomic E-state index is 9.76. The highest BCUT2D eigenvalue weighted by Gasteiger charge is 2.22. The van der Waals surface area contributed by atoms with Gasteiger partial charge in [0, 0.05) is 0 Å². The van der Waals surface area contributed by atoms with Crippen molar-refractivity contribution >= 4 is 19.9 Å². The van der Waals surface area contributed by atoms with Gasteiger partial charge in [0.05, 0.1) is 19.1 Å². The zero-order valence-electron chi connectivity index (χ0n) is 10.6. The van der Waals surface area contributed by atoms with Crippen molar-refractivity contribution in [2.75, 3.05) is 12.3 Å². The number of aldehydes is 1. The number of nitrogens with one attached hydrogen (secondary N) is 1. The zero-order valence-corrected chi connectivity index (χ0v) is 11.5. The molecule has 0 saturated heterocycles. The summed E-state index contributed by atoms with van der Waals surface area (Å²) in [6.45, 7) is -0.688. The Bertz CT molecular complexity index is 401. The summed E-state index contributed by atoms with van der Waals surface area (Å²) in [5.74, 6) is 0.606. The van der Waals surface area contributed by atoms with E-state index in [-0.39, 0.29) is 6.29 Å². The van der Waals surface area contributed by atoms with Gasteiger partial charge in [-0.3, -0.25) is 0 Å². The molecule has 1 aromatic heterocycles. The number of nitrogens with two attached hydrogens (primary N) is 1. The molecule has 3 atom stereocenters. The van der Waals surface area contributed by atoms with Gasteiger partial charge in [0.25, 0.3) is 0 Å². The largest absolute Gasteiger partial charge is 0.466 e. The average molecular weight is 331 g/mol. The quantitative estimate of drug-likeness (QED) is 0.192. The van der Waals surface area contributed by atoms with Crippen LogP contribution in [0.25, 0.3) is 0 Å². The number of nitrogens with zero attached hydrogens (tertiary/aromatic N) is 1. The number of aromatic nitrogens is 2. The highest BCUT2D eigenvalue weighted by atomic mass is 31.2. The number of aliphatic hydroxyl groups is 4. The fraction of sp³-hybridized carbons (Fsp3) is 0.500. The molecule has 0 spiro atoms. The normalized spacial score (nSPS) is 14.6. The van der Waals surface area contributed by atoms with Gasteiger partial charge in [0.15, 0.2) is 6.29 Å². The molecule has 1 heterocycles. The molecule has 0 aliphatic heterocycles. The number of phosphoric acid groups is 1. The predicted octanol–water partition coefficient (Wildman–Crippen LogP) is -3.68. The number of carbonyl (C=O) groups is 1. The fourth-order valence-corrected chi connectivity index (χ4v) is 0.683. The van der Waals surface area contributed by atoms with Crippen molar-refractivity contribution < 1.29 is 44.5 Å². The van der Waals surface area contributed by atoms with Crippen molar-refractivity contribution in [1.82, 2.24) is 9.97 Å². The second kappa shape index (κ2) is 11.3. The molecule has 0 aliphatic carbocycles. The van der Waals surface area contributed by atoms with Crippen molar-refractivity contribution in [3.63, 3.8) is 0 Å². The van der Waals surface area contributed by atoms with Crippen molar-refractivity contribution in [3.05, 3.63) is 12.5 Å². The topological polar surface area (TPSA) is 230 Å². The SMILES string of the molecule is Nc1cnc[nH]1.O=CC(O)C(O)C(O)CO.O=P(O)(O)O. The van der Waals surface area contributed by atoms with Crippen molar-refractivity contribution in [2.24, 2.45) is 0 Å². The third kappa shape index (κ3) is 16.6. The van der Waals surface area contributed by atoms with Gasteiger partial charge in [-0.05, 0) is 0 Å². The summed E-state index contributed by atoms with van der Waals surface area (Å²) in [4.78, 5) is 37.6. The van der Waals surface area contributed by atoms with Crippen LogP contribution in [0.5, 0.6) is 0 Å². The van der Waals surface area contributed by atoms with Crippen LogP contribution in [0.4, 0.5) is 5.82 Å². The molecule has 0 bridgehead atoms. The van der Waals surface area contributed by atoms with E-state index in [0.29, 0.717) is 5.82 Å². The minimum absolute atomic E-state index is 0.0869. The monoisotopic (exact) mass is 331 g/mol. The third-order valence-electron chi connectivity index (χ3n) is 1.59. The summed E-state index contributed by atoms with van der Waals surface area (Å²) in [6, 6.07) is 0. The van der Waals surface area contributed by atoms with E-state index in [1.807, 2.05) is 0 Å². The van der Waals surface area contributed by atoms with E-state index >= 15 is 0 Å². The molecule has 3 unspecified atom stereocenters. The summed E-state index contributed by atoms with van der Waals surface area (Å²) < 4.78 is 8.88. The Morgan fingerprint density at radius 3 is 2.00 bits per heavy atom. The van der Waals surface area contributed by atoms with Gasteiger partial charge in [0.2, 0.25) is 0 Å². The zero-order chi connectivity index (χ0) is 17.1. The number of H-pyrrole nitrogens is 1. The molecule has 0 saturated carbocycles. The first-order chi connectivity index (χ1) is 9.52. The van der Waals surface area contributed by atoms with Crippen LogP contribution in [-0.4, -0.2) is 76.3 Å². The molecule has 13 heteroatoms. The lowest BCUT2D eigenvalue weighted by atomic mass is 10.1. The second-order valence-corrected chi connectivity index (χ2v) is 4.41. The number of aromatic amines is 1. The minimum Gasteiger partial charge on any atom is -0.394 e. The Morgan fingerprint density at radius 1 is 1.33 bits per heavy atom. The number of hydrogen-bond acceptors (Lipinski definition) is 8. The van der Waals surface area contributed by atoms with E-state index in [1.54, 1.807) is 6.20 Å². The number of nitrogen functional groups attached to an aromatic ring is 1. The van der Waals surface area contributed by atoms with Crippen LogP contribution in [0.15, 0.2) is 12.5 Å². The van der Waals surface area contributed by atoms with E-state index in [0.717, 1.165) is 0 Å². The lowest BCUT2D eigenvalue weighted by Crippen LogP contribution is -2.40. The highest BCUT2D eigenvalue weighted by molar-refractivity contribution is 7.45. The molecule has 1 rings (SSSR count). The predicted molar refractivity (Wildman–Crippen MR) is 68.4 cm³/mol. The third-order valence-corrected chi connectivity index (χ3v) is 1.59. The number of hydrogen-bond donors (Lipinski definition) is 9. The van der Waals surface area contributed by atoms with E-state index < -0.39 is 32.7 Å². The van der Waals surface area contributed by atoms with Gasteiger partial charge < -0.3 is 50.6 Å². The minimum atomic E-state index is -4.64. The van der Waals surface area contributed by atoms with Crippen LogP contribution in [0.3, 0.4) is 0 Å². The number of carbonyl (C=O) groups excluding carboxylic acids is 1. The molecule has 0 radical (unpaired) electrons. The lowest BCUT2D eigenvalue weighted by molar-refractivity contribution is -0.127. The van der Waals surface area contributed by atoms with Gasteiger partial charge >= 0.3 is 7.82 Å². The van der Waals surface area contributed by atoms with Gasteiger partial charge in [0.1, 0.15) is 24.1 Å². The molecule has 1 aromatic rings. The Labute approximate surface area is 118 Å². The smallest absolute Gasteiger partial charge is 0.394 e. The Balaban J connectivity index is 0. The number of aliphatic hydroxyl groups excluding tert-OH is 4.